The van der Waals surface area contributed by atoms with Gasteiger partial charge in [0.2, 0.25) is 10.0 Å². The number of rotatable bonds is 8. The number of benzene rings is 1. The molecule has 0 aliphatic heterocycles. The summed E-state index contributed by atoms with van der Waals surface area (Å²) < 4.78 is 25.5. The SMILES string of the molecule is CCNC(=NCC(C)(C)NS(C)(=O)=O)N(C)Cc1ccc(CC)cc1.I. The van der Waals surface area contributed by atoms with Crippen LogP contribution < -0.4 is 10.0 Å². The molecule has 0 saturated carbocycles. The first kappa shape index (κ1) is 25.1. The number of guanidine groups is 1. The summed E-state index contributed by atoms with van der Waals surface area (Å²) in [5.74, 6) is 0.755. The average Bonchev–Trinajstić information content (AvgIpc) is 2.49. The first-order chi connectivity index (χ1) is 11.6. The highest BCUT2D eigenvalue weighted by Gasteiger charge is 2.22. The van der Waals surface area contributed by atoms with Crippen LogP contribution in [0.1, 0.15) is 38.8 Å². The molecule has 0 amide bonds. The standard InChI is InChI=1S/C18H32N4O2S.HI/c1-7-15-9-11-16(12-10-15)13-22(5)17(19-8-2)20-14-18(3,4)21-25(6,23)24;/h9-12,21H,7-8,13-14H2,1-6H3,(H,19,20);1H. The molecule has 2 N–H and O–H groups in total. The van der Waals surface area contributed by atoms with Gasteiger partial charge in [0.25, 0.3) is 0 Å². The summed E-state index contributed by atoms with van der Waals surface area (Å²) in [7, 11) is -1.29. The van der Waals surface area contributed by atoms with Crippen LogP contribution in [-0.2, 0) is 23.0 Å². The minimum atomic E-state index is -3.27. The van der Waals surface area contributed by atoms with Crippen molar-refractivity contribution in [2.24, 2.45) is 4.99 Å². The Morgan fingerprint density at radius 2 is 1.69 bits per heavy atom. The zero-order chi connectivity index (χ0) is 19.1. The molecule has 1 aromatic rings. The van der Waals surface area contributed by atoms with Crippen LogP contribution in [0.5, 0.6) is 0 Å². The molecule has 0 bridgehead atoms. The fourth-order valence-electron chi connectivity index (χ4n) is 2.51. The van der Waals surface area contributed by atoms with Gasteiger partial charge < -0.3 is 10.2 Å². The highest BCUT2D eigenvalue weighted by Crippen LogP contribution is 2.09. The summed E-state index contributed by atoms with van der Waals surface area (Å²) in [6.45, 7) is 9.63. The third-order valence-electron chi connectivity index (χ3n) is 3.63. The van der Waals surface area contributed by atoms with Crippen molar-refractivity contribution < 1.29 is 8.42 Å². The van der Waals surface area contributed by atoms with Crippen LogP contribution in [0.25, 0.3) is 0 Å². The third kappa shape index (κ3) is 9.72. The molecule has 0 aliphatic rings. The highest BCUT2D eigenvalue weighted by atomic mass is 127. The van der Waals surface area contributed by atoms with Crippen LogP contribution in [0.2, 0.25) is 0 Å². The van der Waals surface area contributed by atoms with Crippen LogP contribution in [0.4, 0.5) is 0 Å². The van der Waals surface area contributed by atoms with Gasteiger partial charge in [-0.05, 0) is 38.3 Å². The van der Waals surface area contributed by atoms with Crippen LogP contribution >= 0.6 is 24.0 Å². The normalized spacial score (nSPS) is 12.5. The summed E-state index contributed by atoms with van der Waals surface area (Å²) in [5.41, 5.74) is 1.89. The second-order valence-corrected chi connectivity index (χ2v) is 8.70. The van der Waals surface area contributed by atoms with Crippen LogP contribution in [0.3, 0.4) is 0 Å². The van der Waals surface area contributed by atoms with E-state index in [0.717, 1.165) is 31.7 Å². The van der Waals surface area contributed by atoms with E-state index in [2.05, 4.69) is 46.2 Å². The molecule has 0 aromatic heterocycles. The summed E-state index contributed by atoms with van der Waals surface area (Å²) in [4.78, 5) is 6.65. The molecule has 0 radical (unpaired) electrons. The lowest BCUT2D eigenvalue weighted by Gasteiger charge is -2.26. The summed E-state index contributed by atoms with van der Waals surface area (Å²) in [6, 6.07) is 8.56. The van der Waals surface area contributed by atoms with Crippen molar-refractivity contribution in [3.05, 3.63) is 35.4 Å². The predicted octanol–water partition coefficient (Wildman–Crippen LogP) is 2.59. The number of aryl methyl sites for hydroxylation is 1. The number of hydrogen-bond donors (Lipinski definition) is 2. The fourth-order valence-corrected chi connectivity index (χ4v) is 3.57. The Labute approximate surface area is 175 Å². The van der Waals surface area contributed by atoms with Crippen molar-refractivity contribution in [1.29, 1.82) is 0 Å². The van der Waals surface area contributed by atoms with Gasteiger partial charge in [0.1, 0.15) is 0 Å². The molecule has 1 rings (SSSR count). The minimum absolute atomic E-state index is 0. The third-order valence-corrected chi connectivity index (χ3v) is 4.56. The van der Waals surface area contributed by atoms with Gasteiger partial charge in [-0.2, -0.15) is 0 Å². The van der Waals surface area contributed by atoms with Crippen molar-refractivity contribution in [3.8, 4) is 0 Å². The molecule has 1 aromatic carbocycles. The summed E-state index contributed by atoms with van der Waals surface area (Å²) in [6.07, 6.45) is 2.19. The maximum Gasteiger partial charge on any atom is 0.209 e. The maximum absolute atomic E-state index is 11.5. The minimum Gasteiger partial charge on any atom is -0.357 e. The topological polar surface area (TPSA) is 73.8 Å². The summed E-state index contributed by atoms with van der Waals surface area (Å²) >= 11 is 0. The van der Waals surface area contributed by atoms with Gasteiger partial charge in [-0.1, -0.05) is 31.2 Å². The van der Waals surface area contributed by atoms with Crippen molar-refractivity contribution in [3.63, 3.8) is 0 Å². The van der Waals surface area contributed by atoms with E-state index in [1.165, 1.54) is 11.1 Å². The van der Waals surface area contributed by atoms with E-state index >= 15 is 0 Å². The summed E-state index contributed by atoms with van der Waals surface area (Å²) in [5, 5.41) is 3.26. The second kappa shape index (κ2) is 11.1. The van der Waals surface area contributed by atoms with E-state index in [4.69, 9.17) is 0 Å². The lowest BCUT2D eigenvalue weighted by atomic mass is 10.1. The lowest BCUT2D eigenvalue weighted by Crippen LogP contribution is -2.46. The van der Waals surface area contributed by atoms with Gasteiger partial charge in [-0.15, -0.1) is 24.0 Å². The lowest BCUT2D eigenvalue weighted by molar-refractivity contribution is 0.446. The molecule has 0 fully saturated rings. The molecule has 6 nitrogen and oxygen atoms in total. The molecule has 0 unspecified atom stereocenters. The van der Waals surface area contributed by atoms with E-state index in [9.17, 15) is 8.42 Å². The molecular weight excluding hydrogens is 463 g/mol. The van der Waals surface area contributed by atoms with Crippen LogP contribution in [0, 0.1) is 0 Å². The Kier molecular flexibility index (Phi) is 10.7. The van der Waals surface area contributed by atoms with Gasteiger partial charge >= 0.3 is 0 Å². The zero-order valence-corrected chi connectivity index (χ0v) is 19.8. The van der Waals surface area contributed by atoms with Gasteiger partial charge in [0.15, 0.2) is 5.96 Å². The van der Waals surface area contributed by atoms with Crippen molar-refractivity contribution in [2.45, 2.75) is 46.2 Å². The van der Waals surface area contributed by atoms with Crippen LogP contribution in [-0.4, -0.2) is 51.2 Å². The van der Waals surface area contributed by atoms with Gasteiger partial charge in [-0.25, -0.2) is 13.1 Å². The molecule has 150 valence electrons. The highest BCUT2D eigenvalue weighted by molar-refractivity contribution is 14.0. The van der Waals surface area contributed by atoms with Gasteiger partial charge in [0, 0.05) is 25.7 Å². The molecule has 0 aliphatic carbocycles. The molecule has 0 atom stereocenters. The van der Waals surface area contributed by atoms with Crippen molar-refractivity contribution in [2.75, 3.05) is 26.4 Å². The molecule has 0 spiro atoms. The Morgan fingerprint density at radius 1 is 1.15 bits per heavy atom. The van der Waals surface area contributed by atoms with Crippen molar-refractivity contribution >= 4 is 40.0 Å². The largest absolute Gasteiger partial charge is 0.357 e. The van der Waals surface area contributed by atoms with E-state index in [0.29, 0.717) is 6.54 Å². The van der Waals surface area contributed by atoms with Crippen LogP contribution in [0.15, 0.2) is 29.3 Å². The Morgan fingerprint density at radius 3 is 2.15 bits per heavy atom. The monoisotopic (exact) mass is 496 g/mol. The maximum atomic E-state index is 11.5. The number of nitrogens with zero attached hydrogens (tertiary/aromatic N) is 2. The Hall–Kier alpha value is -0.870. The van der Waals surface area contributed by atoms with Gasteiger partial charge in [-0.3, -0.25) is 4.99 Å². The molecule has 0 heterocycles. The van der Waals surface area contributed by atoms with Crippen molar-refractivity contribution in [1.82, 2.24) is 14.9 Å². The number of hydrogen-bond acceptors (Lipinski definition) is 3. The van der Waals surface area contributed by atoms with E-state index in [1.54, 1.807) is 0 Å². The first-order valence-corrected chi connectivity index (χ1v) is 10.5. The average molecular weight is 496 g/mol. The quantitative estimate of drug-likeness (QED) is 0.330. The van der Waals surface area contributed by atoms with E-state index in [-0.39, 0.29) is 24.0 Å². The molecule has 0 saturated heterocycles. The van der Waals surface area contributed by atoms with E-state index in [1.807, 2.05) is 32.7 Å². The number of sulfonamides is 1. The van der Waals surface area contributed by atoms with Gasteiger partial charge in [0.05, 0.1) is 12.8 Å². The first-order valence-electron chi connectivity index (χ1n) is 8.62. The smallest absolute Gasteiger partial charge is 0.209 e. The number of nitrogens with one attached hydrogen (secondary N) is 2. The zero-order valence-electron chi connectivity index (χ0n) is 16.7. The number of halogens is 1. The molecule has 8 heteroatoms. The Balaban J connectivity index is 0.00000625. The fraction of sp³-hybridized carbons (Fsp3) is 0.611. The number of aliphatic imine (C=N–C) groups is 1. The predicted molar refractivity (Wildman–Crippen MR) is 121 cm³/mol. The molecular formula is C18H33IN4O2S. The molecule has 26 heavy (non-hydrogen) atoms. The Bertz CT molecular complexity index is 673. The second-order valence-electron chi connectivity index (χ2n) is 6.95. The van der Waals surface area contributed by atoms with E-state index < -0.39 is 15.6 Å².